The fourth-order valence-electron chi connectivity index (χ4n) is 7.47. The normalized spacial score (nSPS) is 23.3. The lowest BCUT2D eigenvalue weighted by Gasteiger charge is -2.40. The molecule has 0 saturated carbocycles. The predicted octanol–water partition coefficient (Wildman–Crippen LogP) is 4.83. The molecule has 1 aromatic carbocycles. The van der Waals surface area contributed by atoms with Gasteiger partial charge in [-0.25, -0.2) is 9.18 Å². The Morgan fingerprint density at radius 1 is 1.17 bits per heavy atom. The quantitative estimate of drug-likeness (QED) is 0.437. The average molecular weight is 583 g/mol. The van der Waals surface area contributed by atoms with Crippen LogP contribution in [0.25, 0.3) is 22.2 Å². The number of hydrogen-bond acceptors (Lipinski definition) is 8. The minimum atomic E-state index is -0.904. The van der Waals surface area contributed by atoms with E-state index in [0.717, 1.165) is 51.6 Å². The smallest absolute Gasteiger partial charge is 0.407 e. The Balaban J connectivity index is 1.32. The van der Waals surface area contributed by atoms with E-state index in [-0.39, 0.29) is 34.8 Å². The van der Waals surface area contributed by atoms with Gasteiger partial charge in [0.25, 0.3) is 0 Å². The van der Waals surface area contributed by atoms with Crippen LogP contribution >= 0.6 is 11.6 Å². The van der Waals surface area contributed by atoms with Crippen LogP contribution in [0.3, 0.4) is 0 Å². The van der Waals surface area contributed by atoms with E-state index in [1.54, 1.807) is 29.3 Å². The van der Waals surface area contributed by atoms with Crippen molar-refractivity contribution >= 4 is 34.4 Å². The lowest BCUT2D eigenvalue weighted by atomic mass is 9.95. The first-order chi connectivity index (χ1) is 19.9. The molecule has 2 bridgehead atoms. The Kier molecular flexibility index (Phi) is 6.54. The molecule has 0 aliphatic carbocycles. The highest BCUT2D eigenvalue weighted by Gasteiger charge is 2.46. The van der Waals surface area contributed by atoms with Crippen molar-refractivity contribution in [1.82, 2.24) is 24.8 Å². The molecule has 12 heteroatoms. The van der Waals surface area contributed by atoms with E-state index in [0.29, 0.717) is 47.2 Å². The number of fused-ring (bicyclic) bond motifs is 4. The van der Waals surface area contributed by atoms with E-state index < -0.39 is 11.9 Å². The van der Waals surface area contributed by atoms with E-state index in [1.165, 1.54) is 7.11 Å². The van der Waals surface area contributed by atoms with Gasteiger partial charge in [0.05, 0.1) is 35.1 Å². The van der Waals surface area contributed by atoms with Crippen LogP contribution in [-0.4, -0.2) is 93.5 Å². The summed E-state index contributed by atoms with van der Waals surface area (Å²) in [5.41, 5.74) is 0.555. The molecule has 6 heterocycles. The summed E-state index contributed by atoms with van der Waals surface area (Å²) in [4.78, 5) is 31.9. The topological polar surface area (TPSA) is 104 Å². The van der Waals surface area contributed by atoms with Crippen LogP contribution in [0.4, 0.5) is 15.0 Å². The zero-order chi connectivity index (χ0) is 28.3. The van der Waals surface area contributed by atoms with Gasteiger partial charge in [-0.15, -0.1) is 0 Å². The first kappa shape index (κ1) is 26.5. The van der Waals surface area contributed by atoms with Crippen molar-refractivity contribution in [2.45, 2.75) is 56.1 Å². The van der Waals surface area contributed by atoms with E-state index in [1.807, 2.05) is 4.90 Å². The molecular formula is C29H32ClFN6O4. The zero-order valence-electron chi connectivity index (χ0n) is 22.9. The van der Waals surface area contributed by atoms with Crippen LogP contribution in [0.2, 0.25) is 5.02 Å². The highest BCUT2D eigenvalue weighted by molar-refractivity contribution is 6.32. The van der Waals surface area contributed by atoms with Crippen molar-refractivity contribution in [1.29, 1.82) is 0 Å². The number of carboxylic acid groups (broad SMARTS) is 1. The molecule has 10 nitrogen and oxygen atoms in total. The third-order valence-corrected chi connectivity index (χ3v) is 9.65. The molecule has 4 fully saturated rings. The van der Waals surface area contributed by atoms with Crippen LogP contribution in [0.15, 0.2) is 24.4 Å². The minimum absolute atomic E-state index is 0.0270. The molecule has 2 unspecified atom stereocenters. The molecule has 1 amide bonds. The van der Waals surface area contributed by atoms with E-state index >= 15 is 4.39 Å². The minimum Gasteiger partial charge on any atom is -0.494 e. The predicted molar refractivity (Wildman–Crippen MR) is 151 cm³/mol. The summed E-state index contributed by atoms with van der Waals surface area (Å²) in [6, 6.07) is 4.91. The molecule has 41 heavy (non-hydrogen) atoms. The number of anilines is 1. The maximum atomic E-state index is 16.4. The molecule has 2 atom stereocenters. The Morgan fingerprint density at radius 2 is 1.90 bits per heavy atom. The lowest BCUT2D eigenvalue weighted by Crippen LogP contribution is -2.55. The van der Waals surface area contributed by atoms with Crippen molar-refractivity contribution in [2.24, 2.45) is 0 Å². The van der Waals surface area contributed by atoms with Crippen molar-refractivity contribution in [3.63, 3.8) is 0 Å². The number of ether oxygens (including phenoxy) is 2. The first-order valence-corrected chi connectivity index (χ1v) is 14.6. The summed E-state index contributed by atoms with van der Waals surface area (Å²) in [6.07, 6.45) is 6.62. The number of aromatic nitrogens is 3. The van der Waals surface area contributed by atoms with E-state index in [9.17, 15) is 9.90 Å². The number of carbonyl (C=O) groups is 1. The van der Waals surface area contributed by atoms with Gasteiger partial charge in [0.1, 0.15) is 29.4 Å². The molecule has 7 rings (SSSR count). The van der Waals surface area contributed by atoms with Crippen LogP contribution in [0.1, 0.15) is 38.5 Å². The molecule has 4 saturated heterocycles. The molecule has 0 radical (unpaired) electrons. The van der Waals surface area contributed by atoms with Gasteiger partial charge in [-0.3, -0.25) is 14.8 Å². The fraction of sp³-hybridized carbons (Fsp3) is 0.517. The summed E-state index contributed by atoms with van der Waals surface area (Å²) >= 11 is 6.34. The van der Waals surface area contributed by atoms with Crippen molar-refractivity contribution in [3.8, 4) is 23.0 Å². The monoisotopic (exact) mass is 582 g/mol. The van der Waals surface area contributed by atoms with E-state index in [2.05, 4.69) is 14.9 Å². The number of nitrogens with zero attached hydrogens (tertiary/aromatic N) is 6. The highest BCUT2D eigenvalue weighted by atomic mass is 35.5. The SMILES string of the molecule is COc1c(Cl)cccc1-c1ncc2c(N3CC4CCC(C3)N4C(=O)O)nc(OCC34CCCN3CCC4)nc2c1F. The molecule has 216 valence electrons. The molecular weight excluding hydrogens is 551 g/mol. The summed E-state index contributed by atoms with van der Waals surface area (Å²) in [7, 11) is 1.48. The van der Waals surface area contributed by atoms with Gasteiger partial charge in [-0.1, -0.05) is 17.7 Å². The Bertz CT molecular complexity index is 1500. The number of benzene rings is 1. The Labute approximate surface area is 242 Å². The highest BCUT2D eigenvalue weighted by Crippen LogP contribution is 2.42. The molecule has 4 aliphatic heterocycles. The molecule has 4 aliphatic rings. The molecule has 3 aromatic rings. The van der Waals surface area contributed by atoms with Crippen molar-refractivity contribution in [2.75, 3.05) is 44.8 Å². The van der Waals surface area contributed by atoms with Gasteiger partial charge in [0, 0.05) is 24.8 Å². The second-order valence-corrected chi connectivity index (χ2v) is 11.9. The lowest BCUT2D eigenvalue weighted by molar-refractivity contribution is 0.107. The standard InChI is InChI=1S/C29H32ClFN6O4/c1-40-25-19(5-2-6-21(25)30)23-22(31)24-20(13-32-23)26(35-14-17-7-8-18(15-35)37(17)28(38)39)34-27(33-24)41-16-29-9-3-11-36(29)12-4-10-29/h2,5-6,13,17-18H,3-4,7-12,14-16H2,1H3,(H,38,39). The second-order valence-electron chi connectivity index (χ2n) is 11.5. The number of rotatable bonds is 6. The number of hydrogen-bond donors (Lipinski definition) is 1. The van der Waals surface area contributed by atoms with E-state index in [4.69, 9.17) is 26.1 Å². The molecule has 1 N–H and O–H groups in total. The Morgan fingerprint density at radius 3 is 2.59 bits per heavy atom. The first-order valence-electron chi connectivity index (χ1n) is 14.2. The number of pyridine rings is 1. The number of piperazine rings is 1. The van der Waals surface area contributed by atoms with Gasteiger partial charge < -0.3 is 19.5 Å². The zero-order valence-corrected chi connectivity index (χ0v) is 23.6. The van der Waals surface area contributed by atoms with Gasteiger partial charge >= 0.3 is 12.1 Å². The molecule has 0 spiro atoms. The van der Waals surface area contributed by atoms with Crippen LogP contribution < -0.4 is 14.4 Å². The van der Waals surface area contributed by atoms with Gasteiger partial charge in [0.2, 0.25) is 0 Å². The number of halogens is 2. The van der Waals surface area contributed by atoms with Gasteiger partial charge in [-0.2, -0.15) is 9.97 Å². The number of amides is 1. The third kappa shape index (κ3) is 4.32. The molecule has 2 aromatic heterocycles. The maximum absolute atomic E-state index is 16.4. The van der Waals surface area contributed by atoms with Crippen LogP contribution in [0.5, 0.6) is 11.8 Å². The van der Waals surface area contributed by atoms with Crippen molar-refractivity contribution in [3.05, 3.63) is 35.2 Å². The summed E-state index contributed by atoms with van der Waals surface area (Å²) in [6.45, 7) is 3.48. The second kappa shape index (κ2) is 10.1. The van der Waals surface area contributed by atoms with Crippen molar-refractivity contribution < 1.29 is 23.8 Å². The van der Waals surface area contributed by atoms with Gasteiger partial charge in [0.15, 0.2) is 5.82 Å². The number of methoxy groups -OCH3 is 1. The number of para-hydroxylation sites is 1. The summed E-state index contributed by atoms with van der Waals surface area (Å²) < 4.78 is 28.2. The fourth-order valence-corrected chi connectivity index (χ4v) is 7.72. The average Bonchev–Trinajstić information content (AvgIpc) is 3.62. The van der Waals surface area contributed by atoms with Gasteiger partial charge in [-0.05, 0) is 63.7 Å². The third-order valence-electron chi connectivity index (χ3n) is 9.35. The Hall–Kier alpha value is -3.44. The summed E-state index contributed by atoms with van der Waals surface area (Å²) in [5, 5.41) is 10.6. The largest absolute Gasteiger partial charge is 0.494 e. The van der Waals surface area contributed by atoms with Crippen LogP contribution in [-0.2, 0) is 0 Å². The van der Waals surface area contributed by atoms with Crippen LogP contribution in [0, 0.1) is 5.82 Å². The maximum Gasteiger partial charge on any atom is 0.407 e. The summed E-state index contributed by atoms with van der Waals surface area (Å²) in [5.74, 6) is 0.217.